The summed E-state index contributed by atoms with van der Waals surface area (Å²) in [6.45, 7) is 4.93. The first-order chi connectivity index (χ1) is 7.67. The van der Waals surface area contributed by atoms with Gasteiger partial charge in [-0.25, -0.2) is 0 Å². The molecule has 1 heterocycles. The Kier molecular flexibility index (Phi) is 5.30. The summed E-state index contributed by atoms with van der Waals surface area (Å²) in [6.07, 6.45) is 1.54. The lowest BCUT2D eigenvalue weighted by atomic mass is 10.1. The Balaban J connectivity index is 3.02. The van der Waals surface area contributed by atoms with Crippen molar-refractivity contribution in [3.63, 3.8) is 0 Å². The SMILES string of the molecule is CCc1nn(CC)c(CC(C#N)CCl)c1Br. The van der Waals surface area contributed by atoms with Gasteiger partial charge >= 0.3 is 0 Å². The molecule has 0 fully saturated rings. The van der Waals surface area contributed by atoms with Crippen LogP contribution in [0.5, 0.6) is 0 Å². The fraction of sp³-hybridized carbons (Fsp3) is 0.636. The summed E-state index contributed by atoms with van der Waals surface area (Å²) in [6, 6.07) is 2.21. The molecule has 0 aliphatic rings. The Morgan fingerprint density at radius 2 is 2.25 bits per heavy atom. The highest BCUT2D eigenvalue weighted by molar-refractivity contribution is 9.10. The lowest BCUT2D eigenvalue weighted by molar-refractivity contribution is 0.587. The molecule has 0 radical (unpaired) electrons. The van der Waals surface area contributed by atoms with E-state index < -0.39 is 0 Å². The van der Waals surface area contributed by atoms with Crippen LogP contribution in [-0.2, 0) is 19.4 Å². The van der Waals surface area contributed by atoms with Gasteiger partial charge in [0, 0.05) is 18.8 Å². The molecule has 1 rings (SSSR count). The largest absolute Gasteiger partial charge is 0.268 e. The fourth-order valence-corrected chi connectivity index (χ4v) is 2.48. The van der Waals surface area contributed by atoms with Gasteiger partial charge in [0.05, 0.1) is 27.8 Å². The van der Waals surface area contributed by atoms with Gasteiger partial charge in [-0.1, -0.05) is 6.92 Å². The second kappa shape index (κ2) is 6.27. The zero-order valence-electron chi connectivity index (χ0n) is 9.50. The number of nitriles is 1. The Labute approximate surface area is 110 Å². The Morgan fingerprint density at radius 1 is 1.56 bits per heavy atom. The molecule has 0 saturated carbocycles. The van der Waals surface area contributed by atoms with Gasteiger partial charge in [-0.15, -0.1) is 11.6 Å². The van der Waals surface area contributed by atoms with Gasteiger partial charge in [0.1, 0.15) is 0 Å². The van der Waals surface area contributed by atoms with Crippen LogP contribution in [0.2, 0.25) is 0 Å². The van der Waals surface area contributed by atoms with Crippen LogP contribution in [0.1, 0.15) is 25.2 Å². The number of nitrogens with zero attached hydrogens (tertiary/aromatic N) is 3. The highest BCUT2D eigenvalue weighted by Gasteiger charge is 2.17. The Morgan fingerprint density at radius 3 is 2.69 bits per heavy atom. The number of aryl methyl sites for hydroxylation is 2. The summed E-state index contributed by atoms with van der Waals surface area (Å²) < 4.78 is 2.97. The molecule has 0 aromatic carbocycles. The topological polar surface area (TPSA) is 41.6 Å². The predicted octanol–water partition coefficient (Wildman–Crippen LogP) is 3.15. The van der Waals surface area contributed by atoms with Crippen LogP contribution < -0.4 is 0 Å². The summed E-state index contributed by atoms with van der Waals surface area (Å²) in [4.78, 5) is 0. The maximum Gasteiger partial charge on any atom is 0.0766 e. The molecule has 0 saturated heterocycles. The van der Waals surface area contributed by atoms with Crippen molar-refractivity contribution < 1.29 is 0 Å². The van der Waals surface area contributed by atoms with Crippen LogP contribution >= 0.6 is 27.5 Å². The minimum Gasteiger partial charge on any atom is -0.268 e. The highest BCUT2D eigenvalue weighted by atomic mass is 79.9. The third-order valence-electron chi connectivity index (χ3n) is 2.50. The van der Waals surface area contributed by atoms with Gasteiger partial charge in [-0.05, 0) is 29.3 Å². The third-order valence-corrected chi connectivity index (χ3v) is 3.79. The summed E-state index contributed by atoms with van der Waals surface area (Å²) in [5, 5.41) is 13.4. The number of halogens is 2. The first-order valence-electron chi connectivity index (χ1n) is 5.37. The number of hydrogen-bond donors (Lipinski definition) is 0. The van der Waals surface area contributed by atoms with E-state index in [0.717, 1.165) is 28.8 Å². The van der Waals surface area contributed by atoms with Crippen molar-refractivity contribution in [1.29, 1.82) is 5.26 Å². The van der Waals surface area contributed by atoms with E-state index in [1.165, 1.54) is 0 Å². The van der Waals surface area contributed by atoms with Crippen molar-refractivity contribution in [3.8, 4) is 6.07 Å². The average molecular weight is 305 g/mol. The molecular weight excluding hydrogens is 289 g/mol. The fourth-order valence-electron chi connectivity index (χ4n) is 1.58. The van der Waals surface area contributed by atoms with Crippen molar-refractivity contribution in [2.24, 2.45) is 5.92 Å². The van der Waals surface area contributed by atoms with Crippen molar-refractivity contribution in [3.05, 3.63) is 15.9 Å². The molecule has 3 nitrogen and oxygen atoms in total. The lowest BCUT2D eigenvalue weighted by Crippen LogP contribution is -2.10. The van der Waals surface area contributed by atoms with Crippen molar-refractivity contribution in [2.75, 3.05) is 5.88 Å². The summed E-state index contributed by atoms with van der Waals surface area (Å²) in [5.74, 6) is 0.212. The van der Waals surface area contributed by atoms with E-state index in [2.05, 4.69) is 34.0 Å². The van der Waals surface area contributed by atoms with E-state index in [1.54, 1.807) is 0 Å². The third kappa shape index (κ3) is 2.78. The lowest BCUT2D eigenvalue weighted by Gasteiger charge is -2.07. The number of aromatic nitrogens is 2. The summed E-state index contributed by atoms with van der Waals surface area (Å²) >= 11 is 9.29. The number of hydrogen-bond acceptors (Lipinski definition) is 2. The molecule has 1 unspecified atom stereocenters. The van der Waals surface area contributed by atoms with Crippen molar-refractivity contribution in [1.82, 2.24) is 9.78 Å². The molecule has 0 aliphatic heterocycles. The predicted molar refractivity (Wildman–Crippen MR) is 68.5 cm³/mol. The molecule has 1 atom stereocenters. The maximum atomic E-state index is 8.93. The molecular formula is C11H15BrClN3. The van der Waals surface area contributed by atoms with E-state index in [9.17, 15) is 0 Å². The molecule has 16 heavy (non-hydrogen) atoms. The van der Waals surface area contributed by atoms with E-state index >= 15 is 0 Å². The van der Waals surface area contributed by atoms with Crippen molar-refractivity contribution in [2.45, 2.75) is 33.2 Å². The Bertz CT molecular complexity index is 395. The normalized spacial score (nSPS) is 12.4. The van der Waals surface area contributed by atoms with E-state index in [0.29, 0.717) is 12.3 Å². The molecule has 0 N–H and O–H groups in total. The van der Waals surface area contributed by atoms with Crippen LogP contribution in [-0.4, -0.2) is 15.7 Å². The Hall–Kier alpha value is -0.530. The van der Waals surface area contributed by atoms with E-state index in [1.807, 2.05) is 11.6 Å². The zero-order valence-corrected chi connectivity index (χ0v) is 11.8. The standard InChI is InChI=1S/C11H15BrClN3/c1-3-9-11(12)10(16(4-2)15-9)5-8(6-13)7-14/h8H,3-6H2,1-2H3. The van der Waals surface area contributed by atoms with Crippen LogP contribution in [0, 0.1) is 17.2 Å². The van der Waals surface area contributed by atoms with Crippen LogP contribution in [0.3, 0.4) is 0 Å². The summed E-state index contributed by atoms with van der Waals surface area (Å²) in [7, 11) is 0. The molecule has 0 aliphatic carbocycles. The maximum absolute atomic E-state index is 8.93. The highest BCUT2D eigenvalue weighted by Crippen LogP contribution is 2.25. The molecule has 0 bridgehead atoms. The van der Waals surface area contributed by atoms with Gasteiger partial charge in [-0.3, -0.25) is 4.68 Å². The quantitative estimate of drug-likeness (QED) is 0.784. The first-order valence-corrected chi connectivity index (χ1v) is 6.70. The molecule has 0 spiro atoms. The van der Waals surface area contributed by atoms with Gasteiger partial charge in [0.15, 0.2) is 0 Å². The molecule has 1 aromatic heterocycles. The number of alkyl halides is 1. The van der Waals surface area contributed by atoms with Crippen molar-refractivity contribution >= 4 is 27.5 Å². The second-order valence-electron chi connectivity index (χ2n) is 3.56. The monoisotopic (exact) mass is 303 g/mol. The van der Waals surface area contributed by atoms with E-state index in [-0.39, 0.29) is 5.92 Å². The minimum atomic E-state index is -0.148. The molecule has 0 amide bonds. The zero-order chi connectivity index (χ0) is 12.1. The molecule has 88 valence electrons. The number of rotatable bonds is 5. The average Bonchev–Trinajstić information content (AvgIpc) is 2.62. The minimum absolute atomic E-state index is 0.148. The smallest absolute Gasteiger partial charge is 0.0766 e. The molecule has 5 heteroatoms. The molecule has 1 aromatic rings. The second-order valence-corrected chi connectivity index (χ2v) is 4.66. The van der Waals surface area contributed by atoms with Crippen LogP contribution in [0.25, 0.3) is 0 Å². The summed E-state index contributed by atoms with van der Waals surface area (Å²) in [5.41, 5.74) is 2.12. The van der Waals surface area contributed by atoms with Gasteiger partial charge in [0.25, 0.3) is 0 Å². The van der Waals surface area contributed by atoms with E-state index in [4.69, 9.17) is 16.9 Å². The first kappa shape index (κ1) is 13.5. The van der Waals surface area contributed by atoms with Gasteiger partial charge in [-0.2, -0.15) is 10.4 Å². The van der Waals surface area contributed by atoms with Gasteiger partial charge in [0.2, 0.25) is 0 Å². The van der Waals surface area contributed by atoms with Crippen LogP contribution in [0.15, 0.2) is 4.47 Å². The van der Waals surface area contributed by atoms with Crippen LogP contribution in [0.4, 0.5) is 0 Å². The van der Waals surface area contributed by atoms with Gasteiger partial charge < -0.3 is 0 Å².